The van der Waals surface area contributed by atoms with E-state index >= 15 is 0 Å². The molecule has 0 bridgehead atoms. The minimum absolute atomic E-state index is 0.392. The summed E-state index contributed by atoms with van der Waals surface area (Å²) in [5.74, 6) is 0.782. The lowest BCUT2D eigenvalue weighted by molar-refractivity contribution is 0.381. The molecule has 1 aromatic heterocycles. The SMILES string of the molecule is CCC(CC)CC(NC)c1ccoc1Br. The molecule has 0 fully saturated rings. The van der Waals surface area contributed by atoms with Crippen LogP contribution in [0.3, 0.4) is 0 Å². The Labute approximate surface area is 101 Å². The summed E-state index contributed by atoms with van der Waals surface area (Å²) in [4.78, 5) is 0. The van der Waals surface area contributed by atoms with Gasteiger partial charge in [0.25, 0.3) is 0 Å². The second kappa shape index (κ2) is 6.33. The molecule has 1 rings (SSSR count). The normalized spacial score (nSPS) is 13.4. The molecule has 1 heterocycles. The minimum Gasteiger partial charge on any atom is -0.457 e. The van der Waals surface area contributed by atoms with Gasteiger partial charge in [-0.3, -0.25) is 0 Å². The molecule has 0 radical (unpaired) electrons. The number of hydrogen-bond donors (Lipinski definition) is 1. The van der Waals surface area contributed by atoms with Crippen molar-refractivity contribution in [2.45, 2.75) is 39.2 Å². The third-order valence-electron chi connectivity index (χ3n) is 3.09. The Kier molecular flexibility index (Phi) is 5.40. The molecule has 0 aliphatic rings. The molecule has 0 amide bonds. The second-order valence-corrected chi connectivity index (χ2v) is 4.63. The lowest BCUT2D eigenvalue weighted by Gasteiger charge is -2.20. The van der Waals surface area contributed by atoms with Crippen molar-refractivity contribution < 1.29 is 4.42 Å². The molecular weight excluding hydrogens is 254 g/mol. The Hall–Kier alpha value is -0.280. The van der Waals surface area contributed by atoms with Crippen LogP contribution in [0.2, 0.25) is 0 Å². The van der Waals surface area contributed by atoms with Gasteiger partial charge in [0, 0.05) is 11.6 Å². The van der Waals surface area contributed by atoms with Crippen molar-refractivity contribution in [1.29, 1.82) is 0 Å². The molecule has 1 N–H and O–H groups in total. The van der Waals surface area contributed by atoms with Gasteiger partial charge in [-0.15, -0.1) is 0 Å². The largest absolute Gasteiger partial charge is 0.457 e. The van der Waals surface area contributed by atoms with Crippen LogP contribution in [0.25, 0.3) is 0 Å². The van der Waals surface area contributed by atoms with E-state index in [-0.39, 0.29) is 0 Å². The summed E-state index contributed by atoms with van der Waals surface area (Å²) in [5, 5.41) is 3.35. The molecule has 1 aromatic rings. The van der Waals surface area contributed by atoms with Crippen LogP contribution >= 0.6 is 15.9 Å². The highest BCUT2D eigenvalue weighted by atomic mass is 79.9. The molecule has 0 aliphatic heterocycles. The second-order valence-electron chi connectivity index (χ2n) is 3.91. The van der Waals surface area contributed by atoms with Crippen LogP contribution in [0.5, 0.6) is 0 Å². The van der Waals surface area contributed by atoms with Gasteiger partial charge in [0.05, 0.1) is 6.26 Å². The lowest BCUT2D eigenvalue weighted by atomic mass is 9.92. The molecule has 3 heteroatoms. The molecule has 0 spiro atoms. The van der Waals surface area contributed by atoms with E-state index in [4.69, 9.17) is 4.42 Å². The number of halogens is 1. The van der Waals surface area contributed by atoms with Crippen molar-refractivity contribution in [3.63, 3.8) is 0 Å². The first-order valence-corrected chi connectivity index (χ1v) is 6.42. The van der Waals surface area contributed by atoms with Gasteiger partial charge in [-0.25, -0.2) is 0 Å². The third-order valence-corrected chi connectivity index (χ3v) is 3.74. The fraction of sp³-hybridized carbons (Fsp3) is 0.667. The molecule has 1 unspecified atom stereocenters. The first-order chi connectivity index (χ1) is 7.22. The van der Waals surface area contributed by atoms with Crippen molar-refractivity contribution in [3.05, 3.63) is 22.6 Å². The summed E-state index contributed by atoms with van der Waals surface area (Å²) in [5.41, 5.74) is 1.23. The van der Waals surface area contributed by atoms with Crippen molar-refractivity contribution >= 4 is 15.9 Å². The average Bonchev–Trinajstić information content (AvgIpc) is 2.67. The van der Waals surface area contributed by atoms with Gasteiger partial charge < -0.3 is 9.73 Å². The first-order valence-electron chi connectivity index (χ1n) is 5.63. The molecule has 86 valence electrons. The molecule has 2 nitrogen and oxygen atoms in total. The van der Waals surface area contributed by atoms with E-state index in [1.54, 1.807) is 6.26 Å². The van der Waals surface area contributed by atoms with E-state index in [0.717, 1.165) is 10.6 Å². The zero-order chi connectivity index (χ0) is 11.3. The Morgan fingerprint density at radius 1 is 1.40 bits per heavy atom. The standard InChI is InChI=1S/C12H20BrNO/c1-4-9(5-2)8-11(14-3)10-6-7-15-12(10)13/h6-7,9,11,14H,4-5,8H2,1-3H3. The van der Waals surface area contributed by atoms with Gasteiger partial charge in [-0.1, -0.05) is 26.7 Å². The molecule has 1 atom stereocenters. The van der Waals surface area contributed by atoms with Gasteiger partial charge in [0.2, 0.25) is 0 Å². The fourth-order valence-corrected chi connectivity index (χ4v) is 2.43. The smallest absolute Gasteiger partial charge is 0.173 e. The third kappa shape index (κ3) is 3.35. The number of hydrogen-bond acceptors (Lipinski definition) is 2. The van der Waals surface area contributed by atoms with E-state index in [2.05, 4.69) is 35.1 Å². The number of nitrogens with one attached hydrogen (secondary N) is 1. The van der Waals surface area contributed by atoms with Crippen molar-refractivity contribution in [3.8, 4) is 0 Å². The molecule has 0 aliphatic carbocycles. The zero-order valence-electron chi connectivity index (χ0n) is 9.72. The van der Waals surface area contributed by atoms with E-state index in [1.807, 2.05) is 13.1 Å². The van der Waals surface area contributed by atoms with Crippen molar-refractivity contribution in [2.24, 2.45) is 5.92 Å². The maximum atomic E-state index is 5.27. The van der Waals surface area contributed by atoms with E-state index in [1.165, 1.54) is 24.8 Å². The van der Waals surface area contributed by atoms with Crippen LogP contribution in [-0.2, 0) is 0 Å². The Bertz CT molecular complexity index is 281. The maximum absolute atomic E-state index is 5.27. The maximum Gasteiger partial charge on any atom is 0.173 e. The fourth-order valence-electron chi connectivity index (χ4n) is 1.91. The van der Waals surface area contributed by atoms with E-state index in [9.17, 15) is 0 Å². The summed E-state index contributed by atoms with van der Waals surface area (Å²) < 4.78 is 6.13. The van der Waals surface area contributed by atoms with E-state index in [0.29, 0.717) is 6.04 Å². The highest BCUT2D eigenvalue weighted by Gasteiger charge is 2.18. The number of rotatable bonds is 6. The summed E-state index contributed by atoms with van der Waals surface area (Å²) in [7, 11) is 2.01. The summed E-state index contributed by atoms with van der Waals surface area (Å²) >= 11 is 3.43. The highest BCUT2D eigenvalue weighted by Crippen LogP contribution is 2.30. The Balaban J connectivity index is 2.68. The van der Waals surface area contributed by atoms with Crippen LogP contribution in [0.4, 0.5) is 0 Å². The van der Waals surface area contributed by atoms with Gasteiger partial charge in [-0.05, 0) is 41.4 Å². The van der Waals surface area contributed by atoms with Crippen molar-refractivity contribution in [1.82, 2.24) is 5.32 Å². The van der Waals surface area contributed by atoms with Gasteiger partial charge in [0.15, 0.2) is 4.67 Å². The topological polar surface area (TPSA) is 25.2 Å². The van der Waals surface area contributed by atoms with Crippen LogP contribution in [0, 0.1) is 5.92 Å². The zero-order valence-corrected chi connectivity index (χ0v) is 11.3. The molecule has 0 aromatic carbocycles. The molecule has 0 saturated heterocycles. The monoisotopic (exact) mass is 273 g/mol. The van der Waals surface area contributed by atoms with Crippen molar-refractivity contribution in [2.75, 3.05) is 7.05 Å². The van der Waals surface area contributed by atoms with Crippen LogP contribution in [-0.4, -0.2) is 7.05 Å². The summed E-state index contributed by atoms with van der Waals surface area (Å²) in [6.45, 7) is 4.51. The first kappa shape index (κ1) is 12.8. The van der Waals surface area contributed by atoms with Crippen LogP contribution in [0.1, 0.15) is 44.7 Å². The highest BCUT2D eigenvalue weighted by molar-refractivity contribution is 9.10. The van der Waals surface area contributed by atoms with Gasteiger partial charge in [-0.2, -0.15) is 0 Å². The predicted molar refractivity (Wildman–Crippen MR) is 66.9 cm³/mol. The molecule has 15 heavy (non-hydrogen) atoms. The van der Waals surface area contributed by atoms with Gasteiger partial charge in [0.1, 0.15) is 0 Å². The van der Waals surface area contributed by atoms with Gasteiger partial charge >= 0.3 is 0 Å². The van der Waals surface area contributed by atoms with Crippen LogP contribution < -0.4 is 5.32 Å². The molecular formula is C12H20BrNO. The predicted octanol–water partition coefficient (Wildman–Crippen LogP) is 4.13. The summed E-state index contributed by atoms with van der Waals surface area (Å²) in [6, 6.07) is 2.43. The quantitative estimate of drug-likeness (QED) is 0.843. The number of furan rings is 1. The van der Waals surface area contributed by atoms with E-state index < -0.39 is 0 Å². The summed E-state index contributed by atoms with van der Waals surface area (Å²) in [6.07, 6.45) is 5.38. The average molecular weight is 274 g/mol. The Morgan fingerprint density at radius 2 is 2.07 bits per heavy atom. The molecule has 0 saturated carbocycles. The minimum atomic E-state index is 0.392. The Morgan fingerprint density at radius 3 is 2.47 bits per heavy atom. The lowest BCUT2D eigenvalue weighted by Crippen LogP contribution is -2.19. The van der Waals surface area contributed by atoms with Crippen LogP contribution in [0.15, 0.2) is 21.4 Å².